The Hall–Kier alpha value is -1.30. The number of aliphatic carboxylic acids is 1. The highest BCUT2D eigenvalue weighted by atomic mass is 16.4. The van der Waals surface area contributed by atoms with E-state index in [1.165, 1.54) is 0 Å². The van der Waals surface area contributed by atoms with Gasteiger partial charge in [-0.1, -0.05) is 27.7 Å². The summed E-state index contributed by atoms with van der Waals surface area (Å²) >= 11 is 0. The third-order valence-electron chi connectivity index (χ3n) is 4.23. The van der Waals surface area contributed by atoms with Gasteiger partial charge >= 0.3 is 12.0 Å². The van der Waals surface area contributed by atoms with Gasteiger partial charge in [-0.2, -0.15) is 0 Å². The first-order valence-electron chi connectivity index (χ1n) is 7.93. The number of carboxylic acid groups (broad SMARTS) is 1. The topological polar surface area (TPSA) is 81.7 Å². The van der Waals surface area contributed by atoms with Crippen molar-refractivity contribution in [1.82, 2.24) is 15.5 Å². The van der Waals surface area contributed by atoms with Crippen molar-refractivity contribution in [3.8, 4) is 0 Å². The van der Waals surface area contributed by atoms with Crippen LogP contribution in [0.4, 0.5) is 4.79 Å². The molecule has 6 nitrogen and oxygen atoms in total. The SMILES string of the molecule is CCN(CC)CCCNC(=O)NCC(CC)(CC)C(=O)O. The molecule has 0 saturated carbocycles. The molecule has 0 aromatic heterocycles. The number of carbonyl (C=O) groups is 2. The Labute approximate surface area is 128 Å². The van der Waals surface area contributed by atoms with Gasteiger partial charge in [0.05, 0.1) is 5.41 Å². The molecule has 0 aromatic rings. The Morgan fingerprint density at radius 1 is 1.05 bits per heavy atom. The highest BCUT2D eigenvalue weighted by Gasteiger charge is 2.35. The zero-order chi connectivity index (χ0) is 16.3. The maximum Gasteiger partial charge on any atom is 0.314 e. The molecule has 0 aromatic carbocycles. The predicted molar refractivity (Wildman–Crippen MR) is 84.5 cm³/mol. The maximum absolute atomic E-state index is 11.7. The normalized spacial score (nSPS) is 11.5. The second kappa shape index (κ2) is 10.4. The minimum absolute atomic E-state index is 0.164. The molecule has 0 fully saturated rings. The average molecular weight is 301 g/mol. The van der Waals surface area contributed by atoms with Crippen LogP contribution in [0, 0.1) is 5.41 Å². The molecule has 0 atom stereocenters. The van der Waals surface area contributed by atoms with Gasteiger partial charge in [-0.3, -0.25) is 4.79 Å². The second-order valence-electron chi connectivity index (χ2n) is 5.28. The van der Waals surface area contributed by atoms with Crippen molar-refractivity contribution < 1.29 is 14.7 Å². The lowest BCUT2D eigenvalue weighted by Crippen LogP contribution is -2.46. The summed E-state index contributed by atoms with van der Waals surface area (Å²) in [5.74, 6) is -0.852. The lowest BCUT2D eigenvalue weighted by molar-refractivity contribution is -0.149. The Morgan fingerprint density at radius 3 is 2.05 bits per heavy atom. The average Bonchev–Trinajstić information content (AvgIpc) is 2.48. The van der Waals surface area contributed by atoms with E-state index in [9.17, 15) is 14.7 Å². The summed E-state index contributed by atoms with van der Waals surface area (Å²) in [4.78, 5) is 25.3. The van der Waals surface area contributed by atoms with Gasteiger partial charge in [0, 0.05) is 13.1 Å². The number of nitrogens with one attached hydrogen (secondary N) is 2. The van der Waals surface area contributed by atoms with Crippen LogP contribution in [0.1, 0.15) is 47.0 Å². The first-order valence-corrected chi connectivity index (χ1v) is 7.93. The number of rotatable bonds is 11. The van der Waals surface area contributed by atoms with Crippen LogP contribution in [-0.2, 0) is 4.79 Å². The first kappa shape index (κ1) is 19.7. The fourth-order valence-electron chi connectivity index (χ4n) is 2.23. The van der Waals surface area contributed by atoms with Crippen LogP contribution >= 0.6 is 0 Å². The molecule has 0 radical (unpaired) electrons. The molecule has 3 N–H and O–H groups in total. The lowest BCUT2D eigenvalue weighted by Gasteiger charge is -2.26. The summed E-state index contributed by atoms with van der Waals surface area (Å²) in [7, 11) is 0. The molecule has 0 aliphatic carbocycles. The maximum atomic E-state index is 11.7. The third kappa shape index (κ3) is 6.80. The number of hydrogen-bond donors (Lipinski definition) is 3. The molecule has 6 heteroatoms. The standard InChI is InChI=1S/C15H31N3O3/c1-5-15(6-2,13(19)20)12-17-14(21)16-10-9-11-18(7-3)8-4/h5-12H2,1-4H3,(H,19,20)(H2,16,17,21). The first-order chi connectivity index (χ1) is 9.95. The fraction of sp³-hybridized carbons (Fsp3) is 0.867. The molecule has 0 saturated heterocycles. The fourth-order valence-corrected chi connectivity index (χ4v) is 2.23. The number of hydrogen-bond acceptors (Lipinski definition) is 3. The Kier molecular flexibility index (Phi) is 9.78. The van der Waals surface area contributed by atoms with Crippen LogP contribution in [-0.4, -0.2) is 54.7 Å². The van der Waals surface area contributed by atoms with E-state index in [1.807, 2.05) is 13.8 Å². The number of carboxylic acids is 1. The zero-order valence-electron chi connectivity index (χ0n) is 13.9. The van der Waals surface area contributed by atoms with Gasteiger partial charge in [-0.15, -0.1) is 0 Å². The summed E-state index contributed by atoms with van der Waals surface area (Å²) in [5.41, 5.74) is -0.863. The molecule has 0 aliphatic heterocycles. The third-order valence-corrected chi connectivity index (χ3v) is 4.23. The monoisotopic (exact) mass is 301 g/mol. The van der Waals surface area contributed by atoms with Crippen molar-refractivity contribution in [1.29, 1.82) is 0 Å². The van der Waals surface area contributed by atoms with Crippen LogP contribution in [0.5, 0.6) is 0 Å². The lowest BCUT2D eigenvalue weighted by atomic mass is 9.82. The van der Waals surface area contributed by atoms with E-state index in [-0.39, 0.29) is 12.6 Å². The van der Waals surface area contributed by atoms with Crippen molar-refractivity contribution in [3.05, 3.63) is 0 Å². The summed E-state index contributed by atoms with van der Waals surface area (Å²) in [5, 5.41) is 14.7. The molecule has 124 valence electrons. The van der Waals surface area contributed by atoms with Gasteiger partial charge < -0.3 is 20.6 Å². The molecule has 0 unspecified atom stereocenters. The summed E-state index contributed by atoms with van der Waals surface area (Å²) in [6.07, 6.45) is 1.89. The largest absolute Gasteiger partial charge is 0.481 e. The highest BCUT2D eigenvalue weighted by Crippen LogP contribution is 2.25. The van der Waals surface area contributed by atoms with Gasteiger partial charge in [0.2, 0.25) is 0 Å². The van der Waals surface area contributed by atoms with Crippen molar-refractivity contribution >= 4 is 12.0 Å². The van der Waals surface area contributed by atoms with Gasteiger partial charge in [0.15, 0.2) is 0 Å². The molecule has 0 spiro atoms. The predicted octanol–water partition coefficient (Wildman–Crippen LogP) is 1.91. The van der Waals surface area contributed by atoms with E-state index in [1.54, 1.807) is 0 Å². The van der Waals surface area contributed by atoms with E-state index in [4.69, 9.17) is 0 Å². The molecule has 0 heterocycles. The summed E-state index contributed by atoms with van der Waals surface area (Å²) < 4.78 is 0. The summed E-state index contributed by atoms with van der Waals surface area (Å²) in [6.45, 7) is 11.6. The van der Waals surface area contributed by atoms with E-state index in [0.29, 0.717) is 19.4 Å². The van der Waals surface area contributed by atoms with Crippen LogP contribution in [0.15, 0.2) is 0 Å². The van der Waals surface area contributed by atoms with Gasteiger partial charge in [0.25, 0.3) is 0 Å². The second-order valence-corrected chi connectivity index (χ2v) is 5.28. The van der Waals surface area contributed by atoms with Crippen LogP contribution in [0.2, 0.25) is 0 Å². The zero-order valence-corrected chi connectivity index (χ0v) is 13.9. The van der Waals surface area contributed by atoms with Crippen molar-refractivity contribution in [2.24, 2.45) is 5.41 Å². The van der Waals surface area contributed by atoms with Crippen molar-refractivity contribution in [2.75, 3.05) is 32.7 Å². The van der Waals surface area contributed by atoms with E-state index < -0.39 is 11.4 Å². The summed E-state index contributed by atoms with van der Waals surface area (Å²) in [6, 6.07) is -0.290. The number of urea groups is 1. The van der Waals surface area contributed by atoms with Crippen LogP contribution in [0.3, 0.4) is 0 Å². The molecule has 0 aliphatic rings. The molecule has 0 rings (SSSR count). The Balaban J connectivity index is 4.02. The van der Waals surface area contributed by atoms with E-state index >= 15 is 0 Å². The molecule has 21 heavy (non-hydrogen) atoms. The van der Waals surface area contributed by atoms with Gasteiger partial charge in [0.1, 0.15) is 0 Å². The Morgan fingerprint density at radius 2 is 1.62 bits per heavy atom. The van der Waals surface area contributed by atoms with Gasteiger partial charge in [-0.05, 0) is 38.9 Å². The highest BCUT2D eigenvalue weighted by molar-refractivity contribution is 5.78. The molecule has 2 amide bonds. The number of carbonyl (C=O) groups excluding carboxylic acids is 1. The quantitative estimate of drug-likeness (QED) is 0.509. The number of nitrogens with zero attached hydrogens (tertiary/aromatic N) is 1. The number of amides is 2. The van der Waals surface area contributed by atoms with Crippen molar-refractivity contribution in [3.63, 3.8) is 0 Å². The molecular weight excluding hydrogens is 270 g/mol. The van der Waals surface area contributed by atoms with E-state index in [2.05, 4.69) is 29.4 Å². The van der Waals surface area contributed by atoms with Crippen LogP contribution < -0.4 is 10.6 Å². The molecule has 0 bridgehead atoms. The van der Waals surface area contributed by atoms with Gasteiger partial charge in [-0.25, -0.2) is 4.79 Å². The minimum Gasteiger partial charge on any atom is -0.481 e. The van der Waals surface area contributed by atoms with Crippen LogP contribution in [0.25, 0.3) is 0 Å². The molecular formula is C15H31N3O3. The Bertz CT molecular complexity index is 313. The van der Waals surface area contributed by atoms with E-state index in [0.717, 1.165) is 26.1 Å². The smallest absolute Gasteiger partial charge is 0.314 e. The minimum atomic E-state index is -0.863. The van der Waals surface area contributed by atoms with Crippen molar-refractivity contribution in [2.45, 2.75) is 47.0 Å².